The zero-order valence-electron chi connectivity index (χ0n) is 12.5. The summed E-state index contributed by atoms with van der Waals surface area (Å²) < 4.78 is 31.1. The van der Waals surface area contributed by atoms with E-state index < -0.39 is 22.8 Å². The molecule has 0 bridgehead atoms. The standard InChI is InChI=1S/C15H10F2N4O4/c16-13(17)15-19-18-14(25-15)10-5-6-20(12(22)7-10)8-9-1-3-11(4-2-9)21(23)24/h1-7,13H,8H2. The molecule has 0 saturated heterocycles. The van der Waals surface area contributed by atoms with E-state index >= 15 is 0 Å². The normalized spacial score (nSPS) is 11.0. The van der Waals surface area contributed by atoms with Crippen molar-refractivity contribution in [2.24, 2.45) is 0 Å². The Morgan fingerprint density at radius 1 is 1.20 bits per heavy atom. The summed E-state index contributed by atoms with van der Waals surface area (Å²) in [5.41, 5.74) is 0.466. The van der Waals surface area contributed by atoms with Gasteiger partial charge in [0, 0.05) is 30.0 Å². The zero-order valence-corrected chi connectivity index (χ0v) is 12.5. The van der Waals surface area contributed by atoms with Crippen LogP contribution in [-0.2, 0) is 6.54 Å². The lowest BCUT2D eigenvalue weighted by Gasteiger charge is -2.06. The minimum Gasteiger partial charge on any atom is -0.415 e. The van der Waals surface area contributed by atoms with Gasteiger partial charge in [-0.15, -0.1) is 10.2 Å². The predicted octanol–water partition coefficient (Wildman–Crippen LogP) is 2.79. The molecule has 0 aliphatic heterocycles. The van der Waals surface area contributed by atoms with Gasteiger partial charge in [-0.05, 0) is 11.6 Å². The Hall–Kier alpha value is -3.43. The SMILES string of the molecule is O=c1cc(-c2nnc(C(F)F)o2)ccn1Cc1ccc([N+](=O)[O-])cc1. The van der Waals surface area contributed by atoms with Crippen LogP contribution in [0.1, 0.15) is 17.9 Å². The molecule has 128 valence electrons. The second-order valence-electron chi connectivity index (χ2n) is 5.05. The Morgan fingerprint density at radius 3 is 2.48 bits per heavy atom. The van der Waals surface area contributed by atoms with E-state index in [0.717, 1.165) is 0 Å². The summed E-state index contributed by atoms with van der Waals surface area (Å²) in [6.45, 7) is 0.198. The molecule has 0 N–H and O–H groups in total. The van der Waals surface area contributed by atoms with Crippen LogP contribution in [0.25, 0.3) is 11.5 Å². The molecule has 0 aliphatic rings. The van der Waals surface area contributed by atoms with Gasteiger partial charge in [-0.3, -0.25) is 14.9 Å². The number of benzene rings is 1. The smallest absolute Gasteiger partial charge is 0.314 e. The Kier molecular flexibility index (Phi) is 4.33. The molecular weight excluding hydrogens is 338 g/mol. The van der Waals surface area contributed by atoms with Gasteiger partial charge in [0.05, 0.1) is 11.5 Å². The molecule has 0 spiro atoms. The lowest BCUT2D eigenvalue weighted by molar-refractivity contribution is -0.384. The molecule has 2 heterocycles. The van der Waals surface area contributed by atoms with Gasteiger partial charge in [-0.25, -0.2) is 0 Å². The summed E-state index contributed by atoms with van der Waals surface area (Å²) in [5.74, 6) is -0.986. The monoisotopic (exact) mass is 348 g/mol. The average Bonchev–Trinajstić information content (AvgIpc) is 3.07. The maximum atomic E-state index is 12.5. The summed E-state index contributed by atoms with van der Waals surface area (Å²) in [6.07, 6.45) is -1.44. The van der Waals surface area contributed by atoms with Crippen LogP contribution in [0.5, 0.6) is 0 Å². The topological polar surface area (TPSA) is 104 Å². The van der Waals surface area contributed by atoms with E-state index in [0.29, 0.717) is 5.56 Å². The molecule has 0 saturated carbocycles. The molecule has 0 radical (unpaired) electrons. The third-order valence-electron chi connectivity index (χ3n) is 3.37. The number of halogens is 2. The second-order valence-corrected chi connectivity index (χ2v) is 5.05. The first-order valence-electron chi connectivity index (χ1n) is 7.00. The molecule has 0 aliphatic carbocycles. The molecule has 0 fully saturated rings. The lowest BCUT2D eigenvalue weighted by atomic mass is 10.2. The molecule has 0 unspecified atom stereocenters. The number of hydrogen-bond acceptors (Lipinski definition) is 6. The van der Waals surface area contributed by atoms with Gasteiger partial charge in [0.1, 0.15) is 0 Å². The third-order valence-corrected chi connectivity index (χ3v) is 3.37. The maximum absolute atomic E-state index is 12.5. The maximum Gasteiger partial charge on any atom is 0.314 e. The number of nitro groups is 1. The van der Waals surface area contributed by atoms with Crippen molar-refractivity contribution < 1.29 is 18.1 Å². The van der Waals surface area contributed by atoms with E-state index in [2.05, 4.69) is 10.2 Å². The fraction of sp³-hybridized carbons (Fsp3) is 0.133. The van der Waals surface area contributed by atoms with Gasteiger partial charge in [0.2, 0.25) is 5.89 Å². The Bertz CT molecular complexity index is 966. The van der Waals surface area contributed by atoms with Crippen molar-refractivity contribution in [2.45, 2.75) is 13.0 Å². The summed E-state index contributed by atoms with van der Waals surface area (Å²) in [7, 11) is 0. The summed E-state index contributed by atoms with van der Waals surface area (Å²) in [4.78, 5) is 22.3. The highest BCUT2D eigenvalue weighted by Crippen LogP contribution is 2.22. The van der Waals surface area contributed by atoms with Gasteiger partial charge in [0.25, 0.3) is 17.1 Å². The largest absolute Gasteiger partial charge is 0.415 e. The van der Waals surface area contributed by atoms with Crippen LogP contribution in [0.4, 0.5) is 14.5 Å². The number of hydrogen-bond donors (Lipinski definition) is 0. The van der Waals surface area contributed by atoms with E-state index in [-0.39, 0.29) is 23.7 Å². The van der Waals surface area contributed by atoms with Crippen LogP contribution in [0, 0.1) is 10.1 Å². The number of aromatic nitrogens is 3. The van der Waals surface area contributed by atoms with Crippen molar-refractivity contribution in [3.63, 3.8) is 0 Å². The lowest BCUT2D eigenvalue weighted by Crippen LogP contribution is -2.19. The Labute approximate surface area is 138 Å². The number of pyridine rings is 1. The number of nitrogens with zero attached hydrogens (tertiary/aromatic N) is 4. The first-order valence-corrected chi connectivity index (χ1v) is 7.00. The van der Waals surface area contributed by atoms with Crippen molar-refractivity contribution in [1.29, 1.82) is 0 Å². The highest BCUT2D eigenvalue weighted by atomic mass is 19.3. The summed E-state index contributed by atoms with van der Waals surface area (Å²) >= 11 is 0. The minimum atomic E-state index is -2.89. The molecule has 3 aromatic rings. The molecule has 1 aromatic carbocycles. The quantitative estimate of drug-likeness (QED) is 0.519. The van der Waals surface area contributed by atoms with Crippen molar-refractivity contribution in [1.82, 2.24) is 14.8 Å². The molecule has 2 aromatic heterocycles. The van der Waals surface area contributed by atoms with Crippen LogP contribution < -0.4 is 5.56 Å². The highest BCUT2D eigenvalue weighted by molar-refractivity contribution is 5.51. The van der Waals surface area contributed by atoms with E-state index in [1.807, 2.05) is 0 Å². The minimum absolute atomic E-state index is 0.0438. The van der Waals surface area contributed by atoms with Gasteiger partial charge >= 0.3 is 6.43 Å². The number of alkyl halides is 2. The Balaban J connectivity index is 1.82. The molecule has 25 heavy (non-hydrogen) atoms. The molecule has 0 atom stereocenters. The fourth-order valence-electron chi connectivity index (χ4n) is 2.13. The van der Waals surface area contributed by atoms with E-state index in [1.165, 1.54) is 35.0 Å². The first kappa shape index (κ1) is 16.4. The average molecular weight is 348 g/mol. The number of rotatable bonds is 5. The predicted molar refractivity (Wildman–Crippen MR) is 81.1 cm³/mol. The first-order chi connectivity index (χ1) is 11.9. The van der Waals surface area contributed by atoms with Gasteiger partial charge in [-0.1, -0.05) is 12.1 Å². The van der Waals surface area contributed by atoms with Crippen LogP contribution in [0.3, 0.4) is 0 Å². The van der Waals surface area contributed by atoms with Crippen LogP contribution in [0.15, 0.2) is 51.8 Å². The van der Waals surface area contributed by atoms with Crippen LogP contribution in [-0.4, -0.2) is 19.7 Å². The molecular formula is C15H10F2N4O4. The number of non-ortho nitro benzene ring substituents is 1. The molecule has 10 heteroatoms. The Morgan fingerprint density at radius 2 is 1.92 bits per heavy atom. The molecule has 8 nitrogen and oxygen atoms in total. The van der Waals surface area contributed by atoms with Gasteiger partial charge in [0.15, 0.2) is 0 Å². The molecule has 3 rings (SSSR count). The van der Waals surface area contributed by atoms with Crippen LogP contribution in [0.2, 0.25) is 0 Å². The van der Waals surface area contributed by atoms with Crippen molar-refractivity contribution in [2.75, 3.05) is 0 Å². The van der Waals surface area contributed by atoms with E-state index in [4.69, 9.17) is 4.42 Å². The number of nitro benzene ring substituents is 1. The van der Waals surface area contributed by atoms with E-state index in [1.54, 1.807) is 12.1 Å². The fourth-order valence-corrected chi connectivity index (χ4v) is 2.13. The van der Waals surface area contributed by atoms with Crippen molar-refractivity contribution in [3.05, 3.63) is 74.5 Å². The third kappa shape index (κ3) is 3.57. The highest BCUT2D eigenvalue weighted by Gasteiger charge is 2.17. The van der Waals surface area contributed by atoms with E-state index in [9.17, 15) is 23.7 Å². The van der Waals surface area contributed by atoms with Crippen molar-refractivity contribution in [3.8, 4) is 11.5 Å². The summed E-state index contributed by atoms with van der Waals surface area (Å²) in [6, 6.07) is 8.46. The second kappa shape index (κ2) is 6.59. The molecule has 0 amide bonds. The van der Waals surface area contributed by atoms with Crippen LogP contribution >= 0.6 is 0 Å². The summed E-state index contributed by atoms with van der Waals surface area (Å²) in [5, 5.41) is 17.3. The zero-order chi connectivity index (χ0) is 18.0. The van der Waals surface area contributed by atoms with Gasteiger partial charge in [-0.2, -0.15) is 8.78 Å². The van der Waals surface area contributed by atoms with Crippen molar-refractivity contribution >= 4 is 5.69 Å². The van der Waals surface area contributed by atoms with Gasteiger partial charge < -0.3 is 8.98 Å².